The van der Waals surface area contributed by atoms with E-state index in [4.69, 9.17) is 4.74 Å². The summed E-state index contributed by atoms with van der Waals surface area (Å²) < 4.78 is 5.04. The van der Waals surface area contributed by atoms with Crippen LogP contribution >= 0.6 is 0 Å². The number of nitrogens with one attached hydrogen (secondary N) is 1. The van der Waals surface area contributed by atoms with Crippen LogP contribution in [0.1, 0.15) is 26.7 Å². The lowest BCUT2D eigenvalue weighted by Crippen LogP contribution is -2.25. The molecule has 0 unspecified atom stereocenters. The van der Waals surface area contributed by atoms with Crippen LogP contribution in [-0.2, 0) is 4.74 Å². The van der Waals surface area contributed by atoms with Crippen LogP contribution < -0.4 is 5.32 Å². The lowest BCUT2D eigenvalue weighted by molar-refractivity contribution is 0.156. The maximum Gasteiger partial charge on any atom is 0.407 e. The van der Waals surface area contributed by atoms with E-state index in [2.05, 4.69) is 18.8 Å². The van der Waals surface area contributed by atoms with Crippen LogP contribution in [0.5, 0.6) is 0 Å². The van der Waals surface area contributed by atoms with E-state index in [1.165, 1.54) is 0 Å². The molecule has 0 aromatic heterocycles. The molecule has 1 N–H and O–H groups in total. The lowest BCUT2D eigenvalue weighted by Gasteiger charge is -2.06. The highest BCUT2D eigenvalue weighted by Crippen LogP contribution is 1.99. The van der Waals surface area contributed by atoms with Crippen LogP contribution in [-0.4, -0.2) is 19.2 Å². The number of hydrogen-bond acceptors (Lipinski definition) is 2. The molecular formula is C13H21NO2. The highest BCUT2D eigenvalue weighted by atomic mass is 16.5. The summed E-state index contributed by atoms with van der Waals surface area (Å²) in [5.74, 6) is 0. The fraction of sp³-hybridized carbons (Fsp3) is 0.462. The average Bonchev–Trinajstić information content (AvgIpc) is 2.27. The van der Waals surface area contributed by atoms with E-state index < -0.39 is 0 Å². The third kappa shape index (κ3) is 7.85. The zero-order chi connectivity index (χ0) is 12.2. The van der Waals surface area contributed by atoms with Crippen molar-refractivity contribution in [1.82, 2.24) is 5.32 Å². The molecule has 0 bridgehead atoms. The van der Waals surface area contributed by atoms with Crippen molar-refractivity contribution in [2.24, 2.45) is 0 Å². The van der Waals surface area contributed by atoms with Gasteiger partial charge in [-0.15, -0.1) is 0 Å². The number of unbranched alkanes of at least 4 members (excludes halogenated alkanes) is 1. The highest BCUT2D eigenvalue weighted by Gasteiger charge is 2.00. The number of carbonyl (C=O) groups is 1. The predicted molar refractivity (Wildman–Crippen MR) is 67.4 cm³/mol. The number of amides is 1. The zero-order valence-corrected chi connectivity index (χ0v) is 10.2. The monoisotopic (exact) mass is 223 g/mol. The Hall–Kier alpha value is -1.51. The second-order valence-corrected chi connectivity index (χ2v) is 3.33. The van der Waals surface area contributed by atoms with Crippen LogP contribution in [0, 0.1) is 0 Å². The third-order valence-electron chi connectivity index (χ3n) is 1.88. The molecule has 3 nitrogen and oxygen atoms in total. The predicted octanol–water partition coefficient (Wildman–Crippen LogP) is 3.20. The summed E-state index contributed by atoms with van der Waals surface area (Å²) in [5.41, 5.74) is 0.920. The van der Waals surface area contributed by atoms with Gasteiger partial charge < -0.3 is 10.1 Å². The lowest BCUT2D eigenvalue weighted by atomic mass is 10.2. The molecule has 0 radical (unpaired) electrons. The highest BCUT2D eigenvalue weighted by molar-refractivity contribution is 5.67. The molecule has 0 aliphatic heterocycles. The number of ether oxygens (including phenoxy) is 1. The quantitative estimate of drug-likeness (QED) is 0.531. The second kappa shape index (κ2) is 10.0. The number of rotatable bonds is 7. The van der Waals surface area contributed by atoms with Crippen LogP contribution in [0.25, 0.3) is 0 Å². The summed E-state index contributed by atoms with van der Waals surface area (Å²) >= 11 is 0. The van der Waals surface area contributed by atoms with Gasteiger partial charge in [0.25, 0.3) is 0 Å². The number of allylic oxidation sites excluding steroid dienone is 3. The Morgan fingerprint density at radius 1 is 1.50 bits per heavy atom. The molecule has 0 fully saturated rings. The van der Waals surface area contributed by atoms with Gasteiger partial charge >= 0.3 is 6.09 Å². The summed E-state index contributed by atoms with van der Waals surface area (Å²) in [6.45, 7) is 8.53. The molecule has 0 saturated carbocycles. The molecule has 16 heavy (non-hydrogen) atoms. The Morgan fingerprint density at radius 3 is 2.81 bits per heavy atom. The molecular weight excluding hydrogens is 202 g/mol. The van der Waals surface area contributed by atoms with Gasteiger partial charge in [-0.2, -0.15) is 0 Å². The SMILES string of the molecule is C=C/C=C(\C=C/C)COC(=O)NCCCC. The van der Waals surface area contributed by atoms with E-state index in [1.54, 1.807) is 6.08 Å². The smallest absolute Gasteiger partial charge is 0.407 e. The first-order valence-electron chi connectivity index (χ1n) is 5.59. The number of carbonyl (C=O) groups excluding carboxylic acids is 1. The Kier molecular flexibility index (Phi) is 9.08. The Balaban J connectivity index is 3.87. The van der Waals surface area contributed by atoms with Gasteiger partial charge in [-0.3, -0.25) is 0 Å². The normalized spacial score (nSPS) is 11.5. The fourth-order valence-corrected chi connectivity index (χ4v) is 1.08. The summed E-state index contributed by atoms with van der Waals surface area (Å²) in [6.07, 6.45) is 8.94. The van der Waals surface area contributed by atoms with Gasteiger partial charge in [-0.05, 0) is 18.9 Å². The summed E-state index contributed by atoms with van der Waals surface area (Å²) in [7, 11) is 0. The maximum absolute atomic E-state index is 11.2. The standard InChI is InChI=1S/C13H21NO2/c1-4-7-10-14-13(15)16-11-12(8-5-2)9-6-3/h5-6,8-9H,2,4,7,10-11H2,1,3H3,(H,14,15)/b9-6-,12-8+. The van der Waals surface area contributed by atoms with Crippen molar-refractivity contribution in [3.8, 4) is 0 Å². The molecule has 0 aromatic carbocycles. The molecule has 90 valence electrons. The minimum Gasteiger partial charge on any atom is -0.445 e. The van der Waals surface area contributed by atoms with Crippen molar-refractivity contribution in [3.05, 3.63) is 36.5 Å². The zero-order valence-electron chi connectivity index (χ0n) is 10.2. The fourth-order valence-electron chi connectivity index (χ4n) is 1.08. The molecule has 1 amide bonds. The van der Waals surface area contributed by atoms with Crippen LogP contribution in [0.4, 0.5) is 4.79 Å². The van der Waals surface area contributed by atoms with Gasteiger partial charge in [-0.25, -0.2) is 4.79 Å². The van der Waals surface area contributed by atoms with E-state index in [0.717, 1.165) is 18.4 Å². The maximum atomic E-state index is 11.2. The largest absolute Gasteiger partial charge is 0.445 e. The molecule has 0 aliphatic carbocycles. The molecule has 0 spiro atoms. The second-order valence-electron chi connectivity index (χ2n) is 3.33. The van der Waals surface area contributed by atoms with Gasteiger partial charge in [0.2, 0.25) is 0 Å². The number of hydrogen-bond donors (Lipinski definition) is 1. The molecule has 0 atom stereocenters. The molecule has 0 aromatic rings. The van der Waals surface area contributed by atoms with Crippen LogP contribution in [0.2, 0.25) is 0 Å². The molecule has 0 aliphatic rings. The van der Waals surface area contributed by atoms with Gasteiger partial charge in [0.05, 0.1) is 0 Å². The van der Waals surface area contributed by atoms with Crippen molar-refractivity contribution >= 4 is 6.09 Å². The Morgan fingerprint density at radius 2 is 2.25 bits per heavy atom. The van der Waals surface area contributed by atoms with Crippen molar-refractivity contribution in [2.45, 2.75) is 26.7 Å². The van der Waals surface area contributed by atoms with E-state index in [-0.39, 0.29) is 12.7 Å². The van der Waals surface area contributed by atoms with Crippen molar-refractivity contribution in [2.75, 3.05) is 13.2 Å². The van der Waals surface area contributed by atoms with E-state index >= 15 is 0 Å². The van der Waals surface area contributed by atoms with Crippen molar-refractivity contribution in [1.29, 1.82) is 0 Å². The summed E-state index contributed by atoms with van der Waals surface area (Å²) in [5, 5.41) is 2.68. The first kappa shape index (κ1) is 14.5. The van der Waals surface area contributed by atoms with Crippen molar-refractivity contribution < 1.29 is 9.53 Å². The Bertz CT molecular complexity index is 267. The van der Waals surface area contributed by atoms with Crippen molar-refractivity contribution in [3.63, 3.8) is 0 Å². The van der Waals surface area contributed by atoms with Crippen LogP contribution in [0.3, 0.4) is 0 Å². The summed E-state index contributed by atoms with van der Waals surface area (Å²) in [6, 6.07) is 0. The first-order valence-corrected chi connectivity index (χ1v) is 5.59. The van der Waals surface area contributed by atoms with Gasteiger partial charge in [0.15, 0.2) is 0 Å². The van der Waals surface area contributed by atoms with Gasteiger partial charge in [0, 0.05) is 6.54 Å². The molecule has 0 saturated heterocycles. The first-order chi connectivity index (χ1) is 7.74. The minimum atomic E-state index is -0.368. The van der Waals surface area contributed by atoms with Gasteiger partial charge in [0.1, 0.15) is 6.61 Å². The van der Waals surface area contributed by atoms with E-state index in [0.29, 0.717) is 6.54 Å². The number of alkyl carbamates (subject to hydrolysis) is 1. The van der Waals surface area contributed by atoms with Crippen LogP contribution in [0.15, 0.2) is 36.5 Å². The average molecular weight is 223 g/mol. The van der Waals surface area contributed by atoms with E-state index in [1.807, 2.05) is 25.2 Å². The summed E-state index contributed by atoms with van der Waals surface area (Å²) in [4.78, 5) is 11.2. The Labute approximate surface area is 97.9 Å². The molecule has 0 heterocycles. The van der Waals surface area contributed by atoms with Gasteiger partial charge in [-0.1, -0.05) is 44.2 Å². The van der Waals surface area contributed by atoms with E-state index in [9.17, 15) is 4.79 Å². The molecule has 3 heteroatoms. The molecule has 0 rings (SSSR count). The topological polar surface area (TPSA) is 38.3 Å². The third-order valence-corrected chi connectivity index (χ3v) is 1.88. The minimum absolute atomic E-state index is 0.272.